The number of methoxy groups -OCH3 is 1. The summed E-state index contributed by atoms with van der Waals surface area (Å²) in [6.07, 6.45) is 1.63. The highest BCUT2D eigenvalue weighted by atomic mass is 127. The summed E-state index contributed by atoms with van der Waals surface area (Å²) < 4.78 is 25.6. The highest BCUT2D eigenvalue weighted by Gasteiger charge is 2.35. The van der Waals surface area contributed by atoms with Crippen LogP contribution in [0.2, 0.25) is 10.0 Å². The molecule has 0 N–H and O–H groups in total. The van der Waals surface area contributed by atoms with E-state index < -0.39 is 17.0 Å². The van der Waals surface area contributed by atoms with Crippen molar-refractivity contribution in [2.75, 3.05) is 7.11 Å². The van der Waals surface area contributed by atoms with Crippen LogP contribution in [0.3, 0.4) is 0 Å². The summed E-state index contributed by atoms with van der Waals surface area (Å²) in [5, 5.41) is 0.378. The van der Waals surface area contributed by atoms with Gasteiger partial charge in [-0.3, -0.25) is 14.5 Å². The molecule has 0 atom stereocenters. The van der Waals surface area contributed by atoms with Crippen molar-refractivity contribution in [2.24, 2.45) is 0 Å². The number of amides is 2. The Morgan fingerprint density at radius 2 is 1.83 bits per heavy atom. The first-order valence-electron chi connectivity index (χ1n) is 10.2. The number of imide groups is 1. The Morgan fingerprint density at radius 3 is 2.51 bits per heavy atom. The molecule has 0 spiro atoms. The van der Waals surface area contributed by atoms with Crippen molar-refractivity contribution in [3.63, 3.8) is 0 Å². The van der Waals surface area contributed by atoms with Crippen LogP contribution in [0.4, 0.5) is 9.18 Å². The lowest BCUT2D eigenvalue weighted by Crippen LogP contribution is -2.27. The summed E-state index contributed by atoms with van der Waals surface area (Å²) in [5.74, 6) is 0.128. The number of carbonyl (C=O) groups is 2. The molecule has 0 aromatic heterocycles. The standard InChI is InChI=1S/C25H17Cl2FINO4S/c1-33-21-9-15(8-20(29)23(21)34-13-14-2-5-17(26)6-3-14)10-22-24(31)30(25(32)35-22)12-16-4-7-18(28)11-19(16)27/h2-11H,12-13H2,1H3/b22-10+. The quantitative estimate of drug-likeness (QED) is 0.196. The normalized spacial score (nSPS) is 14.7. The van der Waals surface area contributed by atoms with Gasteiger partial charge in [-0.25, -0.2) is 4.39 Å². The van der Waals surface area contributed by atoms with E-state index in [0.29, 0.717) is 34.3 Å². The minimum absolute atomic E-state index is 0.0422. The lowest BCUT2D eigenvalue weighted by molar-refractivity contribution is -0.123. The van der Waals surface area contributed by atoms with Crippen LogP contribution in [0.15, 0.2) is 59.5 Å². The van der Waals surface area contributed by atoms with Crippen molar-refractivity contribution >= 4 is 74.8 Å². The number of nitrogens with zero attached hydrogens (tertiary/aromatic N) is 1. The third-order valence-corrected chi connectivity index (χ3v) is 7.38. The molecule has 0 unspecified atom stereocenters. The maximum atomic E-state index is 13.3. The molecule has 1 fully saturated rings. The van der Waals surface area contributed by atoms with Gasteiger partial charge >= 0.3 is 0 Å². The summed E-state index contributed by atoms with van der Waals surface area (Å²) in [5.41, 5.74) is 2.11. The molecule has 1 aliphatic rings. The summed E-state index contributed by atoms with van der Waals surface area (Å²) in [6.45, 7) is 0.285. The lowest BCUT2D eigenvalue weighted by atomic mass is 10.1. The number of carbonyl (C=O) groups excluding carboxylic acids is 2. The van der Waals surface area contributed by atoms with Crippen LogP contribution in [-0.2, 0) is 17.9 Å². The number of ether oxygens (including phenoxy) is 2. The third kappa shape index (κ3) is 6.11. The van der Waals surface area contributed by atoms with Gasteiger partial charge in [-0.05, 0) is 93.5 Å². The zero-order valence-corrected chi connectivity index (χ0v) is 22.7. The van der Waals surface area contributed by atoms with Crippen LogP contribution in [0.1, 0.15) is 16.7 Å². The van der Waals surface area contributed by atoms with Gasteiger partial charge in [0.25, 0.3) is 11.1 Å². The molecule has 1 aliphatic heterocycles. The number of thioether (sulfide) groups is 1. The third-order valence-electron chi connectivity index (χ3n) is 5.06. The molecule has 180 valence electrons. The van der Waals surface area contributed by atoms with Crippen LogP contribution in [-0.4, -0.2) is 23.2 Å². The number of halogens is 4. The van der Waals surface area contributed by atoms with Crippen molar-refractivity contribution in [3.8, 4) is 11.5 Å². The van der Waals surface area contributed by atoms with Crippen LogP contribution in [0, 0.1) is 9.39 Å². The van der Waals surface area contributed by atoms with Gasteiger partial charge in [-0.1, -0.05) is 41.4 Å². The number of hydrogen-bond acceptors (Lipinski definition) is 5. The smallest absolute Gasteiger partial charge is 0.293 e. The van der Waals surface area contributed by atoms with E-state index in [2.05, 4.69) is 22.6 Å². The Balaban J connectivity index is 1.53. The van der Waals surface area contributed by atoms with E-state index in [-0.39, 0.29) is 16.5 Å². The average molecular weight is 644 g/mol. The molecule has 1 saturated heterocycles. The second kappa shape index (κ2) is 11.2. The van der Waals surface area contributed by atoms with E-state index in [0.717, 1.165) is 31.9 Å². The zero-order valence-electron chi connectivity index (χ0n) is 18.2. The van der Waals surface area contributed by atoms with Gasteiger partial charge in [-0.2, -0.15) is 0 Å². The van der Waals surface area contributed by atoms with Crippen molar-refractivity contribution < 1.29 is 23.5 Å². The molecule has 3 aromatic carbocycles. The Kier molecular flexibility index (Phi) is 8.26. The van der Waals surface area contributed by atoms with E-state index in [1.54, 1.807) is 24.3 Å². The molecule has 35 heavy (non-hydrogen) atoms. The topological polar surface area (TPSA) is 55.8 Å². The second-order valence-electron chi connectivity index (χ2n) is 7.45. The molecule has 1 heterocycles. The van der Waals surface area contributed by atoms with E-state index in [1.165, 1.54) is 19.2 Å². The van der Waals surface area contributed by atoms with Crippen LogP contribution in [0.5, 0.6) is 11.5 Å². The Morgan fingerprint density at radius 1 is 1.09 bits per heavy atom. The van der Waals surface area contributed by atoms with Crippen LogP contribution in [0.25, 0.3) is 6.08 Å². The highest BCUT2D eigenvalue weighted by Crippen LogP contribution is 2.38. The van der Waals surface area contributed by atoms with Gasteiger partial charge < -0.3 is 9.47 Å². The van der Waals surface area contributed by atoms with E-state index in [4.69, 9.17) is 32.7 Å². The van der Waals surface area contributed by atoms with Gasteiger partial charge in [0.1, 0.15) is 12.4 Å². The first-order valence-corrected chi connectivity index (χ1v) is 12.8. The van der Waals surface area contributed by atoms with E-state index >= 15 is 0 Å². The molecule has 0 saturated carbocycles. The first kappa shape index (κ1) is 25.8. The van der Waals surface area contributed by atoms with Gasteiger partial charge in [0.2, 0.25) is 0 Å². The summed E-state index contributed by atoms with van der Waals surface area (Å²) in [4.78, 5) is 26.8. The monoisotopic (exact) mass is 643 g/mol. The molecule has 0 bridgehead atoms. The highest BCUT2D eigenvalue weighted by molar-refractivity contribution is 14.1. The fourth-order valence-corrected chi connectivity index (χ4v) is 5.28. The molecular weight excluding hydrogens is 627 g/mol. The minimum Gasteiger partial charge on any atom is -0.493 e. The summed E-state index contributed by atoms with van der Waals surface area (Å²) >= 11 is 15.0. The predicted octanol–water partition coefficient (Wildman–Crippen LogP) is 7.56. The molecule has 2 amide bonds. The molecule has 4 rings (SSSR count). The number of benzene rings is 3. The molecule has 5 nitrogen and oxygen atoms in total. The van der Waals surface area contributed by atoms with Crippen molar-refractivity contribution in [1.82, 2.24) is 4.90 Å². The van der Waals surface area contributed by atoms with Gasteiger partial charge in [0, 0.05) is 10.0 Å². The van der Waals surface area contributed by atoms with Gasteiger partial charge in [0.15, 0.2) is 11.5 Å². The summed E-state index contributed by atoms with van der Waals surface area (Å²) in [7, 11) is 1.53. The zero-order chi connectivity index (χ0) is 25.1. The maximum absolute atomic E-state index is 13.3. The summed E-state index contributed by atoms with van der Waals surface area (Å²) in [6, 6.07) is 14.8. The van der Waals surface area contributed by atoms with Crippen molar-refractivity contribution in [2.45, 2.75) is 13.2 Å². The molecule has 0 radical (unpaired) electrons. The van der Waals surface area contributed by atoms with Gasteiger partial charge in [0.05, 0.1) is 22.1 Å². The molecular formula is C25H17Cl2FINO4S. The number of rotatable bonds is 7. The maximum Gasteiger partial charge on any atom is 0.293 e. The average Bonchev–Trinajstić information content (AvgIpc) is 3.08. The van der Waals surface area contributed by atoms with Crippen molar-refractivity contribution in [1.29, 1.82) is 0 Å². The fourth-order valence-electron chi connectivity index (χ4n) is 3.31. The fraction of sp³-hybridized carbons (Fsp3) is 0.120. The predicted molar refractivity (Wildman–Crippen MR) is 144 cm³/mol. The SMILES string of the molecule is COc1cc(/C=C2/SC(=O)N(Cc3ccc(F)cc3Cl)C2=O)cc(I)c1OCc1ccc(Cl)cc1. The Bertz CT molecular complexity index is 1330. The molecule has 10 heteroatoms. The van der Waals surface area contributed by atoms with Crippen molar-refractivity contribution in [3.05, 3.63) is 95.6 Å². The molecule has 3 aromatic rings. The first-order chi connectivity index (χ1) is 16.7. The Hall–Kier alpha value is -2.27. The van der Waals surface area contributed by atoms with E-state index in [9.17, 15) is 14.0 Å². The van der Waals surface area contributed by atoms with E-state index in [1.807, 2.05) is 18.2 Å². The number of hydrogen-bond donors (Lipinski definition) is 0. The minimum atomic E-state index is -0.489. The van der Waals surface area contributed by atoms with Crippen LogP contribution < -0.4 is 9.47 Å². The lowest BCUT2D eigenvalue weighted by Gasteiger charge is -2.14. The second-order valence-corrected chi connectivity index (χ2v) is 10.5. The van der Waals surface area contributed by atoms with Gasteiger partial charge in [-0.15, -0.1) is 0 Å². The van der Waals surface area contributed by atoms with Crippen LogP contribution >= 0.6 is 57.6 Å². The molecule has 0 aliphatic carbocycles. The largest absolute Gasteiger partial charge is 0.493 e. The Labute approximate surface area is 229 Å².